The van der Waals surface area contributed by atoms with E-state index < -0.39 is 0 Å². The van der Waals surface area contributed by atoms with Gasteiger partial charge in [0.25, 0.3) is 0 Å². The topological polar surface area (TPSA) is 55.9 Å². The fraction of sp³-hybridized carbons (Fsp3) is 0.909. The first-order valence-corrected chi connectivity index (χ1v) is 11.6. The summed E-state index contributed by atoms with van der Waals surface area (Å²) in [6.07, 6.45) is 10.9. The molecule has 0 unspecified atom stereocenters. The van der Waals surface area contributed by atoms with Gasteiger partial charge in [0, 0.05) is 51.2 Å². The Morgan fingerprint density at radius 2 is 1.93 bits per heavy atom. The lowest BCUT2D eigenvalue weighted by atomic mass is 9.76. The Kier molecular flexibility index (Phi) is 6.56. The molecule has 4 rings (SSSR count). The van der Waals surface area contributed by atoms with Crippen molar-refractivity contribution in [3.63, 3.8) is 0 Å². The standard InChI is InChI=1S/C22H38N4O2/c1-24(19-6-3-2-4-7-19)11-10-23-21(27)16-25-13-17-12-18(15-25)20-8-5-9-22(28)26(20)14-17/h17-20H,2-16H2,1H3,(H,23,27)/t17-,18-,20-/m1/s1. The summed E-state index contributed by atoms with van der Waals surface area (Å²) in [6.45, 7) is 5.05. The summed E-state index contributed by atoms with van der Waals surface area (Å²) < 4.78 is 0. The molecular weight excluding hydrogens is 352 g/mol. The second kappa shape index (κ2) is 9.12. The number of likely N-dealkylation sites (tertiary alicyclic amines) is 1. The third-order valence-corrected chi connectivity index (χ3v) is 7.61. The predicted molar refractivity (Wildman–Crippen MR) is 110 cm³/mol. The predicted octanol–water partition coefficient (Wildman–Crippen LogP) is 1.70. The van der Waals surface area contributed by atoms with Gasteiger partial charge in [0.05, 0.1) is 6.54 Å². The van der Waals surface area contributed by atoms with Crippen molar-refractivity contribution in [2.75, 3.05) is 46.3 Å². The molecule has 0 aromatic rings. The SMILES string of the molecule is CN(CCNC(=O)CN1C[C@H]2C[C@H](C1)[C@H]1CCCC(=O)N1C2)C1CCCCC1. The van der Waals surface area contributed by atoms with Crippen molar-refractivity contribution < 1.29 is 9.59 Å². The average molecular weight is 391 g/mol. The van der Waals surface area contributed by atoms with Crippen LogP contribution in [-0.4, -0.2) is 84.9 Å². The van der Waals surface area contributed by atoms with Gasteiger partial charge in [-0.25, -0.2) is 0 Å². The molecule has 0 aromatic carbocycles. The number of carbonyl (C=O) groups is 2. The van der Waals surface area contributed by atoms with Gasteiger partial charge in [0.1, 0.15) is 0 Å². The molecule has 3 saturated heterocycles. The summed E-state index contributed by atoms with van der Waals surface area (Å²) >= 11 is 0. The molecule has 0 radical (unpaired) electrons. The molecule has 6 nitrogen and oxygen atoms in total. The number of amides is 2. The summed E-state index contributed by atoms with van der Waals surface area (Å²) in [4.78, 5) is 31.7. The van der Waals surface area contributed by atoms with Crippen LogP contribution in [-0.2, 0) is 9.59 Å². The van der Waals surface area contributed by atoms with Gasteiger partial charge in [0.2, 0.25) is 11.8 Å². The van der Waals surface area contributed by atoms with Crippen LogP contribution in [0.5, 0.6) is 0 Å². The van der Waals surface area contributed by atoms with Gasteiger partial charge in [-0.2, -0.15) is 0 Å². The minimum atomic E-state index is 0.161. The van der Waals surface area contributed by atoms with E-state index in [9.17, 15) is 9.59 Å². The lowest BCUT2D eigenvalue weighted by Gasteiger charge is -2.52. The Balaban J connectivity index is 1.19. The van der Waals surface area contributed by atoms with Gasteiger partial charge in [-0.05, 0) is 51.0 Å². The van der Waals surface area contributed by atoms with Crippen LogP contribution in [0.1, 0.15) is 57.8 Å². The molecule has 0 spiro atoms. The van der Waals surface area contributed by atoms with Crippen molar-refractivity contribution in [2.45, 2.75) is 69.9 Å². The Hall–Kier alpha value is -1.14. The van der Waals surface area contributed by atoms with E-state index in [0.717, 1.165) is 52.0 Å². The van der Waals surface area contributed by atoms with Crippen molar-refractivity contribution in [1.29, 1.82) is 0 Å². The van der Waals surface area contributed by atoms with Crippen LogP contribution in [0.15, 0.2) is 0 Å². The highest BCUT2D eigenvalue weighted by Crippen LogP contribution is 2.37. The van der Waals surface area contributed by atoms with Crippen molar-refractivity contribution in [3.05, 3.63) is 0 Å². The van der Waals surface area contributed by atoms with Crippen molar-refractivity contribution >= 4 is 11.8 Å². The Bertz CT molecular complexity index is 563. The number of hydrogen-bond acceptors (Lipinski definition) is 4. The highest BCUT2D eigenvalue weighted by atomic mass is 16.2. The molecule has 3 atom stereocenters. The van der Waals surface area contributed by atoms with E-state index in [1.807, 2.05) is 0 Å². The van der Waals surface area contributed by atoms with E-state index in [4.69, 9.17) is 0 Å². The zero-order valence-electron chi connectivity index (χ0n) is 17.6. The van der Waals surface area contributed by atoms with Crippen LogP contribution < -0.4 is 5.32 Å². The van der Waals surface area contributed by atoms with Crippen LogP contribution in [0.4, 0.5) is 0 Å². The Labute approximate surface area is 170 Å². The molecule has 2 bridgehead atoms. The van der Waals surface area contributed by atoms with Crippen LogP contribution >= 0.6 is 0 Å². The molecule has 158 valence electrons. The normalized spacial score (nSPS) is 31.7. The maximum Gasteiger partial charge on any atom is 0.234 e. The fourth-order valence-corrected chi connectivity index (χ4v) is 6.18. The van der Waals surface area contributed by atoms with Crippen molar-refractivity contribution in [3.8, 4) is 0 Å². The summed E-state index contributed by atoms with van der Waals surface area (Å²) in [5.41, 5.74) is 0. The van der Waals surface area contributed by atoms with Crippen LogP contribution in [0.2, 0.25) is 0 Å². The average Bonchev–Trinajstić information content (AvgIpc) is 2.69. The van der Waals surface area contributed by atoms with Crippen LogP contribution in [0.25, 0.3) is 0 Å². The van der Waals surface area contributed by atoms with Gasteiger partial charge in [-0.3, -0.25) is 14.5 Å². The number of rotatable bonds is 6. The van der Waals surface area contributed by atoms with Crippen molar-refractivity contribution in [2.24, 2.45) is 11.8 Å². The Morgan fingerprint density at radius 3 is 2.75 bits per heavy atom. The maximum absolute atomic E-state index is 12.5. The molecule has 4 aliphatic rings. The molecular formula is C22H38N4O2. The molecule has 2 amide bonds. The number of piperidine rings is 3. The third-order valence-electron chi connectivity index (χ3n) is 7.61. The van der Waals surface area contributed by atoms with E-state index >= 15 is 0 Å². The van der Waals surface area contributed by atoms with Gasteiger partial charge in [-0.1, -0.05) is 19.3 Å². The van der Waals surface area contributed by atoms with E-state index in [1.54, 1.807) is 0 Å². The van der Waals surface area contributed by atoms with Crippen LogP contribution in [0, 0.1) is 11.8 Å². The minimum Gasteiger partial charge on any atom is -0.354 e. The van der Waals surface area contributed by atoms with Gasteiger partial charge >= 0.3 is 0 Å². The zero-order chi connectivity index (χ0) is 19.5. The largest absolute Gasteiger partial charge is 0.354 e. The molecule has 3 aliphatic heterocycles. The number of fused-ring (bicyclic) bond motifs is 4. The van der Waals surface area contributed by atoms with E-state index in [0.29, 0.717) is 36.4 Å². The highest BCUT2D eigenvalue weighted by Gasteiger charge is 2.44. The van der Waals surface area contributed by atoms with Crippen LogP contribution in [0.3, 0.4) is 0 Å². The molecule has 3 heterocycles. The van der Waals surface area contributed by atoms with E-state index in [2.05, 4.69) is 27.1 Å². The summed E-state index contributed by atoms with van der Waals surface area (Å²) in [5.74, 6) is 1.62. The maximum atomic E-state index is 12.5. The third kappa shape index (κ3) is 4.70. The smallest absolute Gasteiger partial charge is 0.234 e. The quantitative estimate of drug-likeness (QED) is 0.750. The lowest BCUT2D eigenvalue weighted by molar-refractivity contribution is -0.145. The Morgan fingerprint density at radius 1 is 1.11 bits per heavy atom. The van der Waals surface area contributed by atoms with Crippen molar-refractivity contribution in [1.82, 2.24) is 20.0 Å². The highest BCUT2D eigenvalue weighted by molar-refractivity contribution is 5.78. The molecule has 6 heteroatoms. The monoisotopic (exact) mass is 390 g/mol. The van der Waals surface area contributed by atoms with Gasteiger partial charge in [-0.15, -0.1) is 0 Å². The number of nitrogens with zero attached hydrogens (tertiary/aromatic N) is 3. The van der Waals surface area contributed by atoms with Gasteiger partial charge < -0.3 is 15.1 Å². The van der Waals surface area contributed by atoms with E-state index in [-0.39, 0.29) is 5.91 Å². The summed E-state index contributed by atoms with van der Waals surface area (Å²) in [7, 11) is 2.20. The number of hydrogen-bond donors (Lipinski definition) is 1. The van der Waals surface area contributed by atoms with Gasteiger partial charge in [0.15, 0.2) is 0 Å². The molecule has 1 saturated carbocycles. The number of carbonyl (C=O) groups excluding carboxylic acids is 2. The fourth-order valence-electron chi connectivity index (χ4n) is 6.18. The summed E-state index contributed by atoms with van der Waals surface area (Å²) in [5, 5.41) is 3.14. The number of nitrogens with one attached hydrogen (secondary N) is 1. The van der Waals surface area contributed by atoms with E-state index in [1.165, 1.54) is 38.5 Å². The molecule has 28 heavy (non-hydrogen) atoms. The molecule has 1 N–H and O–H groups in total. The lowest BCUT2D eigenvalue weighted by Crippen LogP contribution is -2.61. The minimum absolute atomic E-state index is 0.161. The molecule has 4 fully saturated rings. The number of likely N-dealkylation sites (N-methyl/N-ethyl adjacent to an activating group) is 1. The molecule has 1 aliphatic carbocycles. The second-order valence-electron chi connectivity index (χ2n) is 9.68. The zero-order valence-corrected chi connectivity index (χ0v) is 17.6. The first kappa shape index (κ1) is 20.1. The first-order valence-electron chi connectivity index (χ1n) is 11.6. The first-order chi connectivity index (χ1) is 13.6. The molecule has 0 aromatic heterocycles. The summed E-state index contributed by atoms with van der Waals surface area (Å²) in [6, 6.07) is 1.13. The second-order valence-corrected chi connectivity index (χ2v) is 9.68.